The maximum absolute atomic E-state index is 9.36. The fraction of sp³-hybridized carbons (Fsp3) is 0.0625. The van der Waals surface area contributed by atoms with E-state index in [0.29, 0.717) is 5.56 Å². The van der Waals surface area contributed by atoms with Gasteiger partial charge in [-0.1, -0.05) is 12.1 Å². The molecule has 4 heteroatoms. The highest BCUT2D eigenvalue weighted by molar-refractivity contribution is 7.13. The van der Waals surface area contributed by atoms with Crippen LogP contribution < -0.4 is 0 Å². The first-order chi connectivity index (χ1) is 9.79. The molecule has 0 bridgehead atoms. The summed E-state index contributed by atoms with van der Waals surface area (Å²) in [6, 6.07) is 13.9. The van der Waals surface area contributed by atoms with Crippen LogP contribution in [0.25, 0.3) is 21.8 Å². The van der Waals surface area contributed by atoms with E-state index >= 15 is 0 Å². The normalized spacial score (nSPS) is 10.2. The van der Waals surface area contributed by atoms with E-state index < -0.39 is 0 Å². The number of nitrogens with zero attached hydrogens (tertiary/aromatic N) is 3. The first-order valence-electron chi connectivity index (χ1n) is 6.16. The van der Waals surface area contributed by atoms with Crippen molar-refractivity contribution in [1.82, 2.24) is 9.97 Å². The van der Waals surface area contributed by atoms with Crippen molar-refractivity contribution < 1.29 is 0 Å². The topological polar surface area (TPSA) is 49.6 Å². The van der Waals surface area contributed by atoms with Crippen LogP contribution in [0, 0.1) is 18.3 Å². The molecule has 0 fully saturated rings. The molecule has 0 N–H and O–H groups in total. The Morgan fingerprint density at radius 1 is 1.15 bits per heavy atom. The quantitative estimate of drug-likeness (QED) is 0.710. The van der Waals surface area contributed by atoms with E-state index in [1.165, 1.54) is 0 Å². The number of hydrogen-bond donors (Lipinski definition) is 0. The van der Waals surface area contributed by atoms with Crippen molar-refractivity contribution in [3.63, 3.8) is 0 Å². The summed E-state index contributed by atoms with van der Waals surface area (Å²) >= 11 is 1.62. The van der Waals surface area contributed by atoms with Crippen LogP contribution in [0.1, 0.15) is 11.3 Å². The predicted molar refractivity (Wildman–Crippen MR) is 80.2 cm³/mol. The van der Waals surface area contributed by atoms with Crippen LogP contribution in [0.4, 0.5) is 0 Å². The number of hydrogen-bond acceptors (Lipinski definition) is 4. The van der Waals surface area contributed by atoms with Crippen molar-refractivity contribution in [3.8, 4) is 27.9 Å². The summed E-state index contributed by atoms with van der Waals surface area (Å²) in [6.07, 6.45) is 1.75. The summed E-state index contributed by atoms with van der Waals surface area (Å²) in [5.41, 5.74) is 3.91. The van der Waals surface area contributed by atoms with Crippen molar-refractivity contribution >= 4 is 11.3 Å². The van der Waals surface area contributed by atoms with Crippen molar-refractivity contribution in [1.29, 1.82) is 5.26 Å². The average Bonchev–Trinajstić information content (AvgIpc) is 3.01. The van der Waals surface area contributed by atoms with Gasteiger partial charge in [0.15, 0.2) is 0 Å². The molecule has 3 aromatic heterocycles. The van der Waals surface area contributed by atoms with E-state index in [0.717, 1.165) is 27.5 Å². The lowest BCUT2D eigenvalue weighted by molar-refractivity contribution is 1.16. The number of aromatic nitrogens is 2. The smallest absolute Gasteiger partial charge is 0.102 e. The van der Waals surface area contributed by atoms with E-state index in [1.807, 2.05) is 48.7 Å². The highest BCUT2D eigenvalue weighted by Gasteiger charge is 2.13. The Hall–Kier alpha value is -2.51. The Morgan fingerprint density at radius 2 is 2.05 bits per heavy atom. The van der Waals surface area contributed by atoms with Crippen molar-refractivity contribution in [2.24, 2.45) is 0 Å². The van der Waals surface area contributed by atoms with Gasteiger partial charge in [0, 0.05) is 16.6 Å². The van der Waals surface area contributed by atoms with E-state index in [4.69, 9.17) is 0 Å². The molecule has 0 aromatic carbocycles. The molecule has 3 heterocycles. The molecule has 3 aromatic rings. The first kappa shape index (κ1) is 12.5. The Kier molecular flexibility index (Phi) is 3.28. The maximum atomic E-state index is 9.36. The van der Waals surface area contributed by atoms with Crippen LogP contribution >= 0.6 is 11.3 Å². The van der Waals surface area contributed by atoms with Crippen molar-refractivity contribution in [2.45, 2.75) is 6.92 Å². The minimum Gasteiger partial charge on any atom is -0.255 e. The molecule has 0 aliphatic carbocycles. The van der Waals surface area contributed by atoms with Gasteiger partial charge in [-0.2, -0.15) is 5.26 Å². The van der Waals surface area contributed by atoms with Gasteiger partial charge in [0.05, 0.1) is 22.6 Å². The van der Waals surface area contributed by atoms with E-state index in [9.17, 15) is 5.26 Å². The van der Waals surface area contributed by atoms with Gasteiger partial charge in [0.2, 0.25) is 0 Å². The monoisotopic (exact) mass is 277 g/mol. The fourth-order valence-electron chi connectivity index (χ4n) is 2.09. The molecule has 0 spiro atoms. The number of thiophene rings is 1. The zero-order chi connectivity index (χ0) is 13.9. The lowest BCUT2D eigenvalue weighted by atomic mass is 10.0. The molecule has 0 radical (unpaired) electrons. The summed E-state index contributed by atoms with van der Waals surface area (Å²) in [5, 5.41) is 11.4. The largest absolute Gasteiger partial charge is 0.255 e. The fourth-order valence-corrected chi connectivity index (χ4v) is 2.83. The second-order valence-corrected chi connectivity index (χ2v) is 5.27. The second kappa shape index (κ2) is 5.24. The molecular formula is C16H11N3S. The predicted octanol–water partition coefficient (Wildman–Crippen LogP) is 4.05. The molecule has 0 aliphatic rings. The summed E-state index contributed by atoms with van der Waals surface area (Å²) in [6.45, 7) is 1.86. The minimum absolute atomic E-state index is 0.632. The number of pyridine rings is 2. The van der Waals surface area contributed by atoms with Gasteiger partial charge in [0.1, 0.15) is 6.07 Å². The third kappa shape index (κ3) is 2.20. The average molecular weight is 277 g/mol. The summed E-state index contributed by atoms with van der Waals surface area (Å²) < 4.78 is 0. The molecule has 0 amide bonds. The molecule has 0 atom stereocenters. The highest BCUT2D eigenvalue weighted by atomic mass is 32.1. The summed E-state index contributed by atoms with van der Waals surface area (Å²) in [4.78, 5) is 9.90. The Balaban J connectivity index is 2.24. The van der Waals surface area contributed by atoms with Crippen LogP contribution in [0.15, 0.2) is 48.0 Å². The van der Waals surface area contributed by atoms with Crippen LogP contribution in [0.2, 0.25) is 0 Å². The Labute approximate surface area is 121 Å². The lowest BCUT2D eigenvalue weighted by Crippen LogP contribution is -1.96. The van der Waals surface area contributed by atoms with Crippen LogP contribution in [-0.2, 0) is 0 Å². The van der Waals surface area contributed by atoms with Crippen molar-refractivity contribution in [3.05, 3.63) is 59.2 Å². The Bertz CT molecular complexity index is 771. The molecule has 0 saturated carbocycles. The molecule has 0 unspecified atom stereocenters. The standard InChI is InChI=1S/C16H11N3S/c1-11-13(10-17)12(16-6-4-8-20-16)9-15(19-11)14-5-2-3-7-18-14/h2-9H,1H3. The number of rotatable bonds is 2. The SMILES string of the molecule is Cc1nc(-c2ccccn2)cc(-c2cccs2)c1C#N. The van der Waals surface area contributed by atoms with E-state index in [2.05, 4.69) is 16.0 Å². The third-order valence-electron chi connectivity index (χ3n) is 3.03. The van der Waals surface area contributed by atoms with Crippen LogP contribution in [0.3, 0.4) is 0 Å². The molecule has 20 heavy (non-hydrogen) atoms. The Morgan fingerprint density at radius 3 is 2.70 bits per heavy atom. The van der Waals surface area contributed by atoms with E-state index in [1.54, 1.807) is 17.5 Å². The van der Waals surface area contributed by atoms with E-state index in [-0.39, 0.29) is 0 Å². The van der Waals surface area contributed by atoms with Gasteiger partial charge in [-0.05, 0) is 36.6 Å². The van der Waals surface area contributed by atoms with Gasteiger partial charge in [-0.15, -0.1) is 11.3 Å². The molecule has 0 saturated heterocycles. The van der Waals surface area contributed by atoms with Crippen LogP contribution in [-0.4, -0.2) is 9.97 Å². The van der Waals surface area contributed by atoms with Gasteiger partial charge in [-0.3, -0.25) is 9.97 Å². The third-order valence-corrected chi connectivity index (χ3v) is 3.93. The first-order valence-corrected chi connectivity index (χ1v) is 7.04. The molecule has 96 valence electrons. The molecular weight excluding hydrogens is 266 g/mol. The van der Waals surface area contributed by atoms with Gasteiger partial charge >= 0.3 is 0 Å². The van der Waals surface area contributed by atoms with Crippen molar-refractivity contribution in [2.75, 3.05) is 0 Å². The van der Waals surface area contributed by atoms with Crippen LogP contribution in [0.5, 0.6) is 0 Å². The molecule has 0 aliphatic heterocycles. The minimum atomic E-state index is 0.632. The summed E-state index contributed by atoms with van der Waals surface area (Å²) in [5.74, 6) is 0. The number of nitriles is 1. The highest BCUT2D eigenvalue weighted by Crippen LogP contribution is 2.31. The maximum Gasteiger partial charge on any atom is 0.102 e. The van der Waals surface area contributed by atoms with Gasteiger partial charge < -0.3 is 0 Å². The second-order valence-electron chi connectivity index (χ2n) is 4.32. The zero-order valence-electron chi connectivity index (χ0n) is 10.9. The molecule has 3 nitrogen and oxygen atoms in total. The van der Waals surface area contributed by atoms with Gasteiger partial charge in [-0.25, -0.2) is 0 Å². The van der Waals surface area contributed by atoms with Gasteiger partial charge in [0.25, 0.3) is 0 Å². The zero-order valence-corrected chi connectivity index (χ0v) is 11.7. The number of aryl methyl sites for hydroxylation is 1. The summed E-state index contributed by atoms with van der Waals surface area (Å²) in [7, 11) is 0. The molecule has 3 rings (SSSR count). The lowest BCUT2D eigenvalue weighted by Gasteiger charge is -2.08.